The second-order valence-electron chi connectivity index (χ2n) is 8.66. The van der Waals surface area contributed by atoms with E-state index in [1.165, 1.54) is 25.7 Å². The van der Waals surface area contributed by atoms with E-state index < -0.39 is 5.54 Å². The molecule has 150 valence electrons. The van der Waals surface area contributed by atoms with Gasteiger partial charge in [-0.2, -0.15) is 0 Å². The molecule has 1 aliphatic carbocycles. The van der Waals surface area contributed by atoms with Crippen LogP contribution in [0.1, 0.15) is 50.0 Å². The van der Waals surface area contributed by atoms with Crippen molar-refractivity contribution in [3.05, 3.63) is 53.9 Å². The molecule has 2 heterocycles. The lowest BCUT2D eigenvalue weighted by molar-refractivity contribution is -0.136. The molecule has 1 unspecified atom stereocenters. The lowest BCUT2D eigenvalue weighted by atomic mass is 9.76. The standard InChI is InChI=1S/C23H29N3O2.H2/c1-23-20(11-12-24-23)19(15-26(22(23)28)14-16-7-4-5-8-16)17-9-6-10-18(13-17)21(27)25(2)3;/h6,9-13,15-16,20,24H,4-5,7-8,14H2,1-3H3;1H/t20?,23-;/m1./s1. The summed E-state index contributed by atoms with van der Waals surface area (Å²) < 4.78 is 0. The van der Waals surface area contributed by atoms with E-state index in [0.29, 0.717) is 11.5 Å². The minimum Gasteiger partial charge on any atom is -0.377 e. The van der Waals surface area contributed by atoms with Crippen molar-refractivity contribution in [2.75, 3.05) is 20.6 Å². The van der Waals surface area contributed by atoms with Gasteiger partial charge in [0.25, 0.3) is 11.8 Å². The van der Waals surface area contributed by atoms with Gasteiger partial charge in [0.15, 0.2) is 0 Å². The molecule has 0 radical (unpaired) electrons. The first-order valence-corrected chi connectivity index (χ1v) is 10.2. The molecule has 0 bridgehead atoms. The van der Waals surface area contributed by atoms with Crippen LogP contribution < -0.4 is 5.32 Å². The van der Waals surface area contributed by atoms with Gasteiger partial charge in [-0.25, -0.2) is 0 Å². The maximum Gasteiger partial charge on any atom is 0.253 e. The number of nitrogens with zero attached hydrogens (tertiary/aromatic N) is 2. The lowest BCUT2D eigenvalue weighted by Gasteiger charge is -2.41. The fourth-order valence-electron chi connectivity index (χ4n) is 4.77. The topological polar surface area (TPSA) is 52.7 Å². The number of carbonyl (C=O) groups excluding carboxylic acids is 2. The van der Waals surface area contributed by atoms with E-state index in [4.69, 9.17) is 0 Å². The number of carbonyl (C=O) groups is 2. The molecule has 1 N–H and O–H groups in total. The molecular formula is C23H31N3O2. The summed E-state index contributed by atoms with van der Waals surface area (Å²) in [5, 5.41) is 3.31. The lowest BCUT2D eigenvalue weighted by Crippen LogP contribution is -2.58. The maximum atomic E-state index is 13.3. The van der Waals surface area contributed by atoms with Crippen LogP contribution in [0, 0.1) is 11.8 Å². The molecule has 3 aliphatic rings. The molecule has 0 spiro atoms. The number of rotatable bonds is 4. The molecule has 0 saturated heterocycles. The van der Waals surface area contributed by atoms with Gasteiger partial charge in [-0.3, -0.25) is 9.59 Å². The summed E-state index contributed by atoms with van der Waals surface area (Å²) in [6.45, 7) is 2.77. The minimum atomic E-state index is -0.662. The van der Waals surface area contributed by atoms with Crippen molar-refractivity contribution in [1.29, 1.82) is 0 Å². The number of fused-ring (bicyclic) bond motifs is 1. The van der Waals surface area contributed by atoms with E-state index in [9.17, 15) is 9.59 Å². The third-order valence-electron chi connectivity index (χ3n) is 6.41. The summed E-state index contributed by atoms with van der Waals surface area (Å²) in [5.41, 5.74) is 2.10. The van der Waals surface area contributed by atoms with E-state index in [-0.39, 0.29) is 19.2 Å². The maximum absolute atomic E-state index is 13.3. The Kier molecular flexibility index (Phi) is 4.77. The molecule has 0 aromatic heterocycles. The average molecular weight is 382 g/mol. The number of amides is 2. The molecule has 4 rings (SSSR count). The van der Waals surface area contributed by atoms with E-state index >= 15 is 0 Å². The molecule has 2 aliphatic heterocycles. The Morgan fingerprint density at radius 3 is 2.79 bits per heavy atom. The molecule has 1 saturated carbocycles. The first-order chi connectivity index (χ1) is 13.4. The molecule has 5 nitrogen and oxygen atoms in total. The summed E-state index contributed by atoms with van der Waals surface area (Å²) in [7, 11) is 3.52. The van der Waals surface area contributed by atoms with Crippen LogP contribution in [0.25, 0.3) is 5.57 Å². The average Bonchev–Trinajstić information content (AvgIpc) is 3.34. The predicted molar refractivity (Wildman–Crippen MR) is 112 cm³/mol. The van der Waals surface area contributed by atoms with E-state index in [0.717, 1.165) is 17.7 Å². The number of benzene rings is 1. The number of hydrogen-bond donors (Lipinski definition) is 1. The summed E-state index contributed by atoms with van der Waals surface area (Å²) in [4.78, 5) is 29.2. The molecule has 2 atom stereocenters. The quantitative estimate of drug-likeness (QED) is 0.868. The van der Waals surface area contributed by atoms with Gasteiger partial charge in [0.1, 0.15) is 5.54 Å². The first kappa shape index (κ1) is 18.8. The van der Waals surface area contributed by atoms with Crippen LogP contribution in [0.15, 0.2) is 42.7 Å². The van der Waals surface area contributed by atoms with Crippen molar-refractivity contribution in [1.82, 2.24) is 15.1 Å². The number of hydrogen-bond acceptors (Lipinski definition) is 3. The fraction of sp³-hybridized carbons (Fsp3) is 0.478. The van der Waals surface area contributed by atoms with Crippen molar-refractivity contribution in [3.8, 4) is 0 Å². The van der Waals surface area contributed by atoms with Crippen LogP contribution in [0.5, 0.6) is 0 Å². The minimum absolute atomic E-state index is 0. The molecule has 1 fully saturated rings. The monoisotopic (exact) mass is 381 g/mol. The van der Waals surface area contributed by atoms with Crippen molar-refractivity contribution < 1.29 is 11.0 Å². The van der Waals surface area contributed by atoms with Crippen LogP contribution in [0.4, 0.5) is 0 Å². The van der Waals surface area contributed by atoms with Crippen LogP contribution in [0.3, 0.4) is 0 Å². The Morgan fingerprint density at radius 1 is 1.32 bits per heavy atom. The van der Waals surface area contributed by atoms with Gasteiger partial charge in [0.2, 0.25) is 0 Å². The summed E-state index contributed by atoms with van der Waals surface area (Å²) in [6.07, 6.45) is 10.9. The van der Waals surface area contributed by atoms with E-state index in [1.54, 1.807) is 19.0 Å². The van der Waals surface area contributed by atoms with Crippen molar-refractivity contribution >= 4 is 17.4 Å². The third kappa shape index (κ3) is 3.13. The van der Waals surface area contributed by atoms with Gasteiger partial charge in [0, 0.05) is 39.7 Å². The summed E-state index contributed by atoms with van der Waals surface area (Å²) in [5.74, 6) is 0.667. The Morgan fingerprint density at radius 2 is 2.07 bits per heavy atom. The Hall–Kier alpha value is -2.56. The second-order valence-corrected chi connectivity index (χ2v) is 8.66. The van der Waals surface area contributed by atoms with E-state index in [1.807, 2.05) is 48.5 Å². The summed E-state index contributed by atoms with van der Waals surface area (Å²) in [6, 6.07) is 7.76. The smallest absolute Gasteiger partial charge is 0.253 e. The Labute approximate surface area is 168 Å². The van der Waals surface area contributed by atoms with Gasteiger partial charge in [-0.15, -0.1) is 0 Å². The molecule has 1 aromatic rings. The van der Waals surface area contributed by atoms with Crippen LogP contribution in [-0.4, -0.2) is 47.8 Å². The first-order valence-electron chi connectivity index (χ1n) is 10.2. The zero-order chi connectivity index (χ0) is 19.9. The SMILES string of the molecule is CN(C)C(=O)c1cccc(C2=CN(CC3CCCC3)C(=O)[C@]3(C)NC=CC23)c1.[HH]. The number of nitrogens with one attached hydrogen (secondary N) is 1. The molecular weight excluding hydrogens is 350 g/mol. The summed E-state index contributed by atoms with van der Waals surface area (Å²) >= 11 is 0. The normalized spacial score (nSPS) is 26.8. The zero-order valence-corrected chi connectivity index (χ0v) is 16.9. The zero-order valence-electron chi connectivity index (χ0n) is 16.9. The third-order valence-corrected chi connectivity index (χ3v) is 6.41. The molecule has 28 heavy (non-hydrogen) atoms. The Bertz CT molecular complexity index is 857. The predicted octanol–water partition coefficient (Wildman–Crippen LogP) is 3.50. The van der Waals surface area contributed by atoms with Crippen LogP contribution in [0.2, 0.25) is 0 Å². The highest BCUT2D eigenvalue weighted by molar-refractivity contribution is 5.97. The van der Waals surface area contributed by atoms with Crippen LogP contribution >= 0.6 is 0 Å². The largest absolute Gasteiger partial charge is 0.377 e. The van der Waals surface area contributed by atoms with Crippen molar-refractivity contribution in [2.24, 2.45) is 11.8 Å². The van der Waals surface area contributed by atoms with Gasteiger partial charge in [-0.1, -0.05) is 31.1 Å². The van der Waals surface area contributed by atoms with Gasteiger partial charge in [-0.05, 0) is 55.2 Å². The van der Waals surface area contributed by atoms with Crippen molar-refractivity contribution in [3.63, 3.8) is 0 Å². The fourth-order valence-corrected chi connectivity index (χ4v) is 4.77. The van der Waals surface area contributed by atoms with Crippen LogP contribution in [-0.2, 0) is 4.79 Å². The van der Waals surface area contributed by atoms with Crippen molar-refractivity contribution in [2.45, 2.75) is 38.1 Å². The highest BCUT2D eigenvalue weighted by Gasteiger charge is 2.49. The van der Waals surface area contributed by atoms with Gasteiger partial charge in [0.05, 0.1) is 0 Å². The molecule has 5 heteroatoms. The van der Waals surface area contributed by atoms with Gasteiger partial charge < -0.3 is 15.1 Å². The second kappa shape index (κ2) is 7.12. The molecule has 2 amide bonds. The highest BCUT2D eigenvalue weighted by Crippen LogP contribution is 2.42. The highest BCUT2D eigenvalue weighted by atomic mass is 16.2. The molecule has 1 aromatic carbocycles. The Balaban J connectivity index is 0.00000240. The van der Waals surface area contributed by atoms with E-state index in [2.05, 4.69) is 11.4 Å². The van der Waals surface area contributed by atoms with Gasteiger partial charge >= 0.3 is 0 Å².